The maximum Gasteiger partial charge on any atom is 0.433 e. The lowest BCUT2D eigenvalue weighted by Crippen LogP contribution is -2.46. The smallest absolute Gasteiger partial charge is 0.433 e. The van der Waals surface area contributed by atoms with Gasteiger partial charge in [-0.15, -0.1) is 0 Å². The number of amidine groups is 1. The summed E-state index contributed by atoms with van der Waals surface area (Å²) in [6.45, 7) is 7.76. The zero-order valence-electron chi connectivity index (χ0n) is 20.6. The van der Waals surface area contributed by atoms with E-state index in [0.29, 0.717) is 42.7 Å². The van der Waals surface area contributed by atoms with Crippen molar-refractivity contribution in [1.82, 2.24) is 14.9 Å². The minimum Gasteiger partial charge on any atom is -0.463 e. The van der Waals surface area contributed by atoms with Crippen LogP contribution in [0.1, 0.15) is 37.9 Å². The molecule has 0 bridgehead atoms. The Kier molecular flexibility index (Phi) is 9.01. The minimum absolute atomic E-state index is 0.145. The van der Waals surface area contributed by atoms with Crippen LogP contribution in [-0.4, -0.2) is 78.1 Å². The Labute approximate surface area is 220 Å². The summed E-state index contributed by atoms with van der Waals surface area (Å²) < 4.78 is 20.0. The first-order chi connectivity index (χ1) is 17.8. The predicted molar refractivity (Wildman–Crippen MR) is 142 cm³/mol. The van der Waals surface area contributed by atoms with Gasteiger partial charge in [0.05, 0.1) is 19.9 Å². The van der Waals surface area contributed by atoms with Crippen LogP contribution in [0.15, 0.2) is 28.2 Å². The molecule has 2 aliphatic rings. The number of nitrogens with zero attached hydrogens (tertiary/aromatic N) is 6. The summed E-state index contributed by atoms with van der Waals surface area (Å²) >= 11 is 6.21. The van der Waals surface area contributed by atoms with Crippen molar-refractivity contribution in [2.45, 2.75) is 32.1 Å². The summed E-state index contributed by atoms with van der Waals surface area (Å²) in [5.74, 6) is -0.434. The van der Waals surface area contributed by atoms with E-state index in [0.717, 1.165) is 32.5 Å². The number of morpholine rings is 1. The number of carboxylic acid groups (broad SMARTS) is 1. The number of hydrogen-bond acceptors (Lipinski definition) is 7. The van der Waals surface area contributed by atoms with E-state index in [9.17, 15) is 9.18 Å². The predicted octanol–water partition coefficient (Wildman–Crippen LogP) is 4.33. The van der Waals surface area contributed by atoms with E-state index in [-0.39, 0.29) is 16.7 Å². The Morgan fingerprint density at radius 2 is 1.97 bits per heavy atom. The molecular formula is C25H31ClFN7O3. The van der Waals surface area contributed by atoms with Gasteiger partial charge in [0.2, 0.25) is 0 Å². The Morgan fingerprint density at radius 1 is 1.24 bits per heavy atom. The number of ether oxygens (including phenoxy) is 1. The number of hydrogen-bond donors (Lipinski definition) is 2. The molecule has 1 aromatic carbocycles. The van der Waals surface area contributed by atoms with Crippen molar-refractivity contribution in [2.24, 2.45) is 21.6 Å². The van der Waals surface area contributed by atoms with Crippen LogP contribution in [0.2, 0.25) is 5.02 Å². The monoisotopic (exact) mass is 531 g/mol. The fourth-order valence-corrected chi connectivity index (χ4v) is 5.11. The lowest BCUT2D eigenvalue weighted by Gasteiger charge is -2.37. The highest BCUT2D eigenvalue weighted by molar-refractivity contribution is 6.30. The molecule has 1 aliphatic carbocycles. The van der Waals surface area contributed by atoms with Crippen molar-refractivity contribution in [1.29, 1.82) is 0 Å². The zero-order valence-corrected chi connectivity index (χ0v) is 21.3. The first-order valence-electron chi connectivity index (χ1n) is 12.3. The van der Waals surface area contributed by atoms with Gasteiger partial charge in [0.25, 0.3) is 0 Å². The van der Waals surface area contributed by atoms with Crippen LogP contribution in [0.25, 0.3) is 11.3 Å². The number of aromatic nitrogens is 2. The molecule has 2 heterocycles. The van der Waals surface area contributed by atoms with Crippen LogP contribution in [0.4, 0.5) is 20.7 Å². The van der Waals surface area contributed by atoms with Gasteiger partial charge in [-0.1, -0.05) is 30.9 Å². The van der Waals surface area contributed by atoms with Gasteiger partial charge in [-0.3, -0.25) is 4.90 Å². The molecule has 2 aromatic rings. The summed E-state index contributed by atoms with van der Waals surface area (Å²) in [6, 6.07) is 4.10. The van der Waals surface area contributed by atoms with Gasteiger partial charge < -0.3 is 20.5 Å². The van der Waals surface area contributed by atoms with Crippen LogP contribution < -0.4 is 10.6 Å². The second kappa shape index (κ2) is 12.4. The fraction of sp³-hybridized carbons (Fsp3) is 0.480. The number of benzene rings is 1. The van der Waals surface area contributed by atoms with Crippen LogP contribution in [0.3, 0.4) is 0 Å². The highest BCUT2D eigenvalue weighted by Crippen LogP contribution is 2.39. The largest absolute Gasteiger partial charge is 0.463 e. The standard InChI is InChI=1S/C25H31ClFN7O3/c1-29-23-21(34(14-16-5-3-2-4-6-16)15-33-7-9-37-10-8-33)20(17-11-18(26)13-19(27)12-17)30-24(32-23)22(28)31-25(35)36/h11-13,16H,1-10,14-15H2,(H2,28,31)(H,35,36). The molecule has 1 saturated heterocycles. The molecule has 2 fully saturated rings. The summed E-state index contributed by atoms with van der Waals surface area (Å²) in [6.07, 6.45) is 4.30. The number of halogens is 2. The van der Waals surface area contributed by atoms with Crippen molar-refractivity contribution >= 4 is 41.8 Å². The van der Waals surface area contributed by atoms with E-state index < -0.39 is 17.7 Å². The first-order valence-corrected chi connectivity index (χ1v) is 12.7. The quantitative estimate of drug-likeness (QED) is 0.380. The van der Waals surface area contributed by atoms with Gasteiger partial charge in [0.1, 0.15) is 17.2 Å². The van der Waals surface area contributed by atoms with Crippen molar-refractivity contribution in [3.05, 3.63) is 34.9 Å². The minimum atomic E-state index is -1.49. The Balaban J connectivity index is 1.88. The second-order valence-corrected chi connectivity index (χ2v) is 9.70. The third-order valence-electron chi connectivity index (χ3n) is 6.59. The van der Waals surface area contributed by atoms with Crippen LogP contribution in [0.5, 0.6) is 0 Å². The third-order valence-corrected chi connectivity index (χ3v) is 6.81. The summed E-state index contributed by atoms with van der Waals surface area (Å²) in [4.78, 5) is 32.1. The SMILES string of the molecule is C=Nc1nc(/C(N)=N/C(=O)O)nc(-c2cc(F)cc(Cl)c2)c1N(CC1CCCCC1)CN1CCOCC1. The molecule has 1 amide bonds. The summed E-state index contributed by atoms with van der Waals surface area (Å²) in [5.41, 5.74) is 7.16. The normalized spacial score (nSPS) is 17.5. The maximum absolute atomic E-state index is 14.5. The second-order valence-electron chi connectivity index (χ2n) is 9.26. The highest BCUT2D eigenvalue weighted by atomic mass is 35.5. The van der Waals surface area contributed by atoms with E-state index in [2.05, 4.69) is 36.5 Å². The molecule has 37 heavy (non-hydrogen) atoms. The number of rotatable bonds is 8. The molecular weight excluding hydrogens is 501 g/mol. The van der Waals surface area contributed by atoms with Crippen molar-refractivity contribution in [3.8, 4) is 11.3 Å². The number of nitrogens with two attached hydrogens (primary N) is 1. The van der Waals surface area contributed by atoms with Gasteiger partial charge in [0.15, 0.2) is 17.5 Å². The van der Waals surface area contributed by atoms with E-state index in [1.807, 2.05) is 0 Å². The number of amides is 1. The number of anilines is 1. The van der Waals surface area contributed by atoms with Gasteiger partial charge in [-0.05, 0) is 43.7 Å². The molecule has 1 aromatic heterocycles. The summed E-state index contributed by atoms with van der Waals surface area (Å²) in [5, 5.41) is 9.28. The van der Waals surface area contributed by atoms with Crippen LogP contribution in [-0.2, 0) is 4.74 Å². The summed E-state index contributed by atoms with van der Waals surface area (Å²) in [7, 11) is 0. The van der Waals surface area contributed by atoms with Crippen molar-refractivity contribution in [2.75, 3.05) is 44.4 Å². The lowest BCUT2D eigenvalue weighted by atomic mass is 9.89. The molecule has 1 aliphatic heterocycles. The zero-order chi connectivity index (χ0) is 26.4. The topological polar surface area (TPSA) is 130 Å². The third kappa shape index (κ3) is 7.00. The molecule has 3 N–H and O–H groups in total. The van der Waals surface area contributed by atoms with Crippen molar-refractivity contribution < 1.29 is 19.0 Å². The molecule has 0 radical (unpaired) electrons. The van der Waals surface area contributed by atoms with Crippen LogP contribution in [0, 0.1) is 11.7 Å². The van der Waals surface area contributed by atoms with E-state index >= 15 is 0 Å². The molecule has 0 spiro atoms. The van der Waals surface area contributed by atoms with Gasteiger partial charge in [0, 0.05) is 30.2 Å². The van der Waals surface area contributed by atoms with Crippen molar-refractivity contribution in [3.63, 3.8) is 0 Å². The molecule has 198 valence electrons. The maximum atomic E-state index is 14.5. The highest BCUT2D eigenvalue weighted by Gasteiger charge is 2.28. The number of carbonyl (C=O) groups is 1. The number of aliphatic imine (C=N–C) groups is 2. The average Bonchev–Trinajstić information content (AvgIpc) is 2.87. The molecule has 0 atom stereocenters. The average molecular weight is 532 g/mol. The van der Waals surface area contributed by atoms with Crippen LogP contribution >= 0.6 is 11.6 Å². The van der Waals surface area contributed by atoms with E-state index in [4.69, 9.17) is 27.2 Å². The van der Waals surface area contributed by atoms with E-state index in [1.54, 1.807) is 6.07 Å². The van der Waals surface area contributed by atoms with Gasteiger partial charge >= 0.3 is 6.09 Å². The van der Waals surface area contributed by atoms with E-state index in [1.165, 1.54) is 31.4 Å². The Hall–Kier alpha value is -3.15. The Bertz CT molecular complexity index is 1130. The molecule has 0 unspecified atom stereocenters. The van der Waals surface area contributed by atoms with Gasteiger partial charge in [-0.2, -0.15) is 4.99 Å². The molecule has 4 rings (SSSR count). The molecule has 10 nitrogen and oxygen atoms in total. The lowest BCUT2D eigenvalue weighted by molar-refractivity contribution is 0.0375. The Morgan fingerprint density at radius 3 is 2.62 bits per heavy atom. The fourth-order valence-electron chi connectivity index (χ4n) is 4.89. The molecule has 1 saturated carbocycles. The first kappa shape index (κ1) is 26.9. The van der Waals surface area contributed by atoms with Gasteiger partial charge in [-0.25, -0.2) is 24.1 Å². The molecule has 12 heteroatoms.